The molecule has 2 rings (SSSR count). The molecule has 0 aromatic heterocycles. The zero-order chi connectivity index (χ0) is 13.8. The van der Waals surface area contributed by atoms with Gasteiger partial charge in [-0.2, -0.15) is 0 Å². The van der Waals surface area contributed by atoms with Crippen LogP contribution in [0.3, 0.4) is 0 Å². The molecule has 0 saturated carbocycles. The van der Waals surface area contributed by atoms with Crippen LogP contribution in [-0.4, -0.2) is 0 Å². The SMILES string of the molecule is CCC(N)c1ccc(Oc2ccc(F)c(Cl)c2)cc1. The van der Waals surface area contributed by atoms with Crippen molar-refractivity contribution < 1.29 is 9.13 Å². The average molecular weight is 280 g/mol. The zero-order valence-corrected chi connectivity index (χ0v) is 11.3. The Kier molecular flexibility index (Phi) is 4.40. The summed E-state index contributed by atoms with van der Waals surface area (Å²) in [5.41, 5.74) is 7.00. The summed E-state index contributed by atoms with van der Waals surface area (Å²) >= 11 is 5.69. The van der Waals surface area contributed by atoms with E-state index in [9.17, 15) is 4.39 Å². The number of nitrogens with two attached hydrogens (primary N) is 1. The van der Waals surface area contributed by atoms with Gasteiger partial charge in [0.1, 0.15) is 17.3 Å². The number of hydrogen-bond donors (Lipinski definition) is 1. The smallest absolute Gasteiger partial charge is 0.142 e. The number of rotatable bonds is 4. The Bertz CT molecular complexity index is 557. The molecule has 2 N–H and O–H groups in total. The van der Waals surface area contributed by atoms with Gasteiger partial charge in [-0.25, -0.2) is 4.39 Å². The number of halogens is 2. The molecule has 0 amide bonds. The maximum atomic E-state index is 13.0. The summed E-state index contributed by atoms with van der Waals surface area (Å²) in [6, 6.07) is 11.8. The first-order chi connectivity index (χ1) is 9.10. The van der Waals surface area contributed by atoms with Crippen LogP contribution in [0.2, 0.25) is 5.02 Å². The van der Waals surface area contributed by atoms with Gasteiger partial charge in [0.2, 0.25) is 0 Å². The molecular weight excluding hydrogens is 265 g/mol. The van der Waals surface area contributed by atoms with Gasteiger partial charge in [0.05, 0.1) is 5.02 Å². The summed E-state index contributed by atoms with van der Waals surface area (Å²) in [6.45, 7) is 2.04. The lowest BCUT2D eigenvalue weighted by molar-refractivity contribution is 0.480. The highest BCUT2D eigenvalue weighted by Crippen LogP contribution is 2.27. The van der Waals surface area contributed by atoms with E-state index in [4.69, 9.17) is 22.1 Å². The molecule has 0 bridgehead atoms. The van der Waals surface area contributed by atoms with Crippen LogP contribution in [0.1, 0.15) is 24.9 Å². The van der Waals surface area contributed by atoms with Crippen molar-refractivity contribution in [2.75, 3.05) is 0 Å². The Hall–Kier alpha value is -1.58. The first kappa shape index (κ1) is 13.8. The van der Waals surface area contributed by atoms with E-state index in [0.717, 1.165) is 12.0 Å². The van der Waals surface area contributed by atoms with Crippen LogP contribution in [-0.2, 0) is 0 Å². The molecule has 0 spiro atoms. The monoisotopic (exact) mass is 279 g/mol. The Morgan fingerprint density at radius 1 is 1.16 bits per heavy atom. The molecule has 0 aliphatic heterocycles. The molecule has 4 heteroatoms. The molecule has 2 aromatic carbocycles. The Morgan fingerprint density at radius 2 is 1.79 bits per heavy atom. The molecule has 19 heavy (non-hydrogen) atoms. The Morgan fingerprint density at radius 3 is 2.37 bits per heavy atom. The number of ether oxygens (including phenoxy) is 1. The highest BCUT2D eigenvalue weighted by Gasteiger charge is 2.05. The molecule has 0 fully saturated rings. The molecule has 0 aliphatic carbocycles. The molecule has 0 heterocycles. The van der Waals surface area contributed by atoms with Crippen molar-refractivity contribution in [3.8, 4) is 11.5 Å². The molecule has 2 aromatic rings. The molecule has 2 nitrogen and oxygen atoms in total. The maximum absolute atomic E-state index is 13.0. The van der Waals surface area contributed by atoms with E-state index in [2.05, 4.69) is 0 Å². The molecule has 0 aliphatic rings. The predicted molar refractivity (Wildman–Crippen MR) is 75.1 cm³/mol. The van der Waals surface area contributed by atoms with Gasteiger partial charge in [0.15, 0.2) is 0 Å². The molecule has 1 atom stereocenters. The molecule has 0 radical (unpaired) electrons. The van der Waals surface area contributed by atoms with Crippen molar-refractivity contribution in [1.29, 1.82) is 0 Å². The second-order valence-electron chi connectivity index (χ2n) is 4.26. The van der Waals surface area contributed by atoms with Crippen LogP contribution < -0.4 is 10.5 Å². The fourth-order valence-corrected chi connectivity index (χ4v) is 1.87. The van der Waals surface area contributed by atoms with Crippen molar-refractivity contribution in [1.82, 2.24) is 0 Å². The lowest BCUT2D eigenvalue weighted by atomic mass is 10.1. The molecule has 100 valence electrons. The summed E-state index contributed by atoms with van der Waals surface area (Å²) < 4.78 is 18.6. The van der Waals surface area contributed by atoms with Gasteiger partial charge in [-0.05, 0) is 36.2 Å². The van der Waals surface area contributed by atoms with Gasteiger partial charge in [-0.1, -0.05) is 30.7 Å². The van der Waals surface area contributed by atoms with Gasteiger partial charge in [0.25, 0.3) is 0 Å². The van der Waals surface area contributed by atoms with Crippen LogP contribution in [0.5, 0.6) is 11.5 Å². The first-order valence-electron chi connectivity index (χ1n) is 6.08. The summed E-state index contributed by atoms with van der Waals surface area (Å²) in [4.78, 5) is 0. The fourth-order valence-electron chi connectivity index (χ4n) is 1.70. The minimum absolute atomic E-state index is 0.0364. The topological polar surface area (TPSA) is 35.2 Å². The molecular formula is C15H15ClFNO. The van der Waals surface area contributed by atoms with Crippen molar-refractivity contribution >= 4 is 11.6 Å². The van der Waals surface area contributed by atoms with E-state index < -0.39 is 5.82 Å². The normalized spacial score (nSPS) is 12.2. The summed E-state index contributed by atoms with van der Waals surface area (Å²) in [5.74, 6) is 0.701. The second kappa shape index (κ2) is 6.04. The van der Waals surface area contributed by atoms with E-state index in [0.29, 0.717) is 11.5 Å². The Balaban J connectivity index is 2.12. The minimum Gasteiger partial charge on any atom is -0.457 e. The third-order valence-electron chi connectivity index (χ3n) is 2.87. The first-order valence-corrected chi connectivity index (χ1v) is 6.46. The van der Waals surface area contributed by atoms with Crippen LogP contribution >= 0.6 is 11.6 Å². The van der Waals surface area contributed by atoms with Crippen LogP contribution in [0.15, 0.2) is 42.5 Å². The zero-order valence-electron chi connectivity index (χ0n) is 10.6. The quantitative estimate of drug-likeness (QED) is 0.882. The van der Waals surface area contributed by atoms with Crippen LogP contribution in [0.4, 0.5) is 4.39 Å². The van der Waals surface area contributed by atoms with E-state index in [1.54, 1.807) is 0 Å². The summed E-state index contributed by atoms with van der Waals surface area (Å²) in [7, 11) is 0. The van der Waals surface area contributed by atoms with E-state index in [1.807, 2.05) is 31.2 Å². The standard InChI is InChI=1S/C15H15ClFNO/c1-2-15(18)10-3-5-11(6-4-10)19-12-7-8-14(17)13(16)9-12/h3-9,15H,2,18H2,1H3. The maximum Gasteiger partial charge on any atom is 0.142 e. The highest BCUT2D eigenvalue weighted by atomic mass is 35.5. The van der Waals surface area contributed by atoms with Gasteiger partial charge in [-0.3, -0.25) is 0 Å². The lowest BCUT2D eigenvalue weighted by Crippen LogP contribution is -2.07. The van der Waals surface area contributed by atoms with Crippen molar-refractivity contribution in [3.63, 3.8) is 0 Å². The summed E-state index contributed by atoms with van der Waals surface area (Å²) in [6.07, 6.45) is 0.883. The second-order valence-corrected chi connectivity index (χ2v) is 4.67. The van der Waals surface area contributed by atoms with Crippen LogP contribution in [0, 0.1) is 5.82 Å². The van der Waals surface area contributed by atoms with Crippen molar-refractivity contribution in [2.24, 2.45) is 5.73 Å². The molecule has 0 saturated heterocycles. The van der Waals surface area contributed by atoms with E-state index >= 15 is 0 Å². The van der Waals surface area contributed by atoms with E-state index in [1.165, 1.54) is 18.2 Å². The predicted octanol–water partition coefficient (Wildman–Crippen LogP) is 4.68. The third kappa shape index (κ3) is 3.46. The Labute approximate surface area is 117 Å². The summed E-state index contributed by atoms with van der Waals surface area (Å²) in [5, 5.41) is 0.0436. The lowest BCUT2D eigenvalue weighted by Gasteiger charge is -2.11. The van der Waals surface area contributed by atoms with Crippen molar-refractivity contribution in [2.45, 2.75) is 19.4 Å². The van der Waals surface area contributed by atoms with E-state index in [-0.39, 0.29) is 11.1 Å². The van der Waals surface area contributed by atoms with Gasteiger partial charge in [-0.15, -0.1) is 0 Å². The number of hydrogen-bond acceptors (Lipinski definition) is 2. The number of benzene rings is 2. The largest absolute Gasteiger partial charge is 0.457 e. The van der Waals surface area contributed by atoms with Gasteiger partial charge in [0, 0.05) is 12.1 Å². The third-order valence-corrected chi connectivity index (χ3v) is 3.16. The highest BCUT2D eigenvalue weighted by molar-refractivity contribution is 6.30. The minimum atomic E-state index is -0.460. The molecule has 1 unspecified atom stereocenters. The fraction of sp³-hybridized carbons (Fsp3) is 0.200. The van der Waals surface area contributed by atoms with Gasteiger partial charge >= 0.3 is 0 Å². The van der Waals surface area contributed by atoms with Crippen LogP contribution in [0.25, 0.3) is 0 Å². The average Bonchev–Trinajstić information content (AvgIpc) is 2.43. The van der Waals surface area contributed by atoms with Crippen molar-refractivity contribution in [3.05, 3.63) is 58.9 Å². The van der Waals surface area contributed by atoms with Gasteiger partial charge < -0.3 is 10.5 Å².